The Kier molecular flexibility index (Phi) is 4.15. The molecule has 0 bridgehead atoms. The molecule has 2 aromatic rings. The molecule has 0 fully saturated rings. The molecule has 2 nitrogen and oxygen atoms in total. The third-order valence-corrected chi connectivity index (χ3v) is 4.24. The lowest BCUT2D eigenvalue weighted by atomic mass is 9.98. The van der Waals surface area contributed by atoms with E-state index >= 15 is 0 Å². The molecule has 96 valence electrons. The number of hydrogen-bond acceptors (Lipinski definition) is 3. The van der Waals surface area contributed by atoms with Gasteiger partial charge in [0.2, 0.25) is 0 Å². The van der Waals surface area contributed by atoms with Crippen molar-refractivity contribution in [2.75, 3.05) is 0 Å². The molecule has 2 N–H and O–H groups in total. The zero-order valence-corrected chi connectivity index (χ0v) is 12.0. The Balaban J connectivity index is 2.23. The fourth-order valence-electron chi connectivity index (χ4n) is 1.82. The minimum absolute atomic E-state index is 0.00869. The van der Waals surface area contributed by atoms with Crippen molar-refractivity contribution >= 4 is 11.3 Å². The molecule has 0 saturated heterocycles. The molecule has 0 amide bonds. The largest absolute Gasteiger partial charge is 0.323 e. The zero-order valence-electron chi connectivity index (χ0n) is 11.2. The highest BCUT2D eigenvalue weighted by Crippen LogP contribution is 2.27. The standard InChI is InChI=1S/C15H20N2S/c1-4-10(2)12-5-7-13(8-6-12)15-17-14(9-18-15)11(3)16/h5-11H,4,16H2,1-3H3. The van der Waals surface area contributed by atoms with E-state index in [2.05, 4.69) is 43.1 Å². The van der Waals surface area contributed by atoms with Gasteiger partial charge in [-0.05, 0) is 24.8 Å². The number of nitrogens with two attached hydrogens (primary N) is 1. The molecule has 0 radical (unpaired) electrons. The Morgan fingerprint density at radius 1 is 1.22 bits per heavy atom. The highest BCUT2D eigenvalue weighted by Gasteiger charge is 2.08. The van der Waals surface area contributed by atoms with Crippen LogP contribution in [0.15, 0.2) is 29.6 Å². The van der Waals surface area contributed by atoms with Crippen LogP contribution < -0.4 is 5.73 Å². The summed E-state index contributed by atoms with van der Waals surface area (Å²) in [5.41, 5.74) is 9.38. The van der Waals surface area contributed by atoms with Crippen molar-refractivity contribution in [3.63, 3.8) is 0 Å². The normalized spacial score (nSPS) is 14.4. The Bertz CT molecular complexity index is 499. The summed E-state index contributed by atoms with van der Waals surface area (Å²) in [4.78, 5) is 4.57. The van der Waals surface area contributed by atoms with Gasteiger partial charge in [-0.3, -0.25) is 0 Å². The van der Waals surface area contributed by atoms with Gasteiger partial charge in [0.15, 0.2) is 0 Å². The quantitative estimate of drug-likeness (QED) is 0.888. The van der Waals surface area contributed by atoms with Crippen LogP contribution in [-0.2, 0) is 0 Å². The Morgan fingerprint density at radius 2 is 1.89 bits per heavy atom. The predicted octanol–water partition coefficient (Wildman–Crippen LogP) is 4.34. The molecule has 18 heavy (non-hydrogen) atoms. The lowest BCUT2D eigenvalue weighted by Gasteiger charge is -2.08. The summed E-state index contributed by atoms with van der Waals surface area (Å²) < 4.78 is 0. The monoisotopic (exact) mass is 260 g/mol. The topological polar surface area (TPSA) is 38.9 Å². The van der Waals surface area contributed by atoms with Crippen LogP contribution in [0.4, 0.5) is 0 Å². The highest BCUT2D eigenvalue weighted by atomic mass is 32.1. The Hall–Kier alpha value is -1.19. The smallest absolute Gasteiger partial charge is 0.123 e. The summed E-state index contributed by atoms with van der Waals surface area (Å²) >= 11 is 1.66. The van der Waals surface area contributed by atoms with Crippen molar-refractivity contribution < 1.29 is 0 Å². The lowest BCUT2D eigenvalue weighted by Crippen LogP contribution is -2.04. The molecule has 2 unspecified atom stereocenters. The molecule has 1 heterocycles. The number of rotatable bonds is 4. The summed E-state index contributed by atoms with van der Waals surface area (Å²) in [5.74, 6) is 0.620. The third-order valence-electron chi connectivity index (χ3n) is 3.33. The van der Waals surface area contributed by atoms with Crippen LogP contribution in [0.3, 0.4) is 0 Å². The molecule has 0 spiro atoms. The van der Waals surface area contributed by atoms with Crippen LogP contribution in [0.5, 0.6) is 0 Å². The average Bonchev–Trinajstić information content (AvgIpc) is 2.88. The summed E-state index contributed by atoms with van der Waals surface area (Å²) in [7, 11) is 0. The lowest BCUT2D eigenvalue weighted by molar-refractivity contribution is 0.734. The molecular formula is C15H20N2S. The van der Waals surface area contributed by atoms with Crippen molar-refractivity contribution in [3.8, 4) is 10.6 Å². The molecule has 0 saturated carbocycles. The van der Waals surface area contributed by atoms with Crippen LogP contribution in [0, 0.1) is 0 Å². The van der Waals surface area contributed by atoms with Crippen molar-refractivity contribution in [1.82, 2.24) is 4.98 Å². The summed E-state index contributed by atoms with van der Waals surface area (Å²) in [6, 6.07) is 8.73. The molecule has 0 aliphatic heterocycles. The first kappa shape index (κ1) is 13.2. The van der Waals surface area contributed by atoms with E-state index in [0.29, 0.717) is 5.92 Å². The van der Waals surface area contributed by atoms with Gasteiger partial charge in [-0.2, -0.15) is 0 Å². The van der Waals surface area contributed by atoms with Crippen LogP contribution in [0.1, 0.15) is 50.4 Å². The van der Waals surface area contributed by atoms with Gasteiger partial charge in [-0.15, -0.1) is 11.3 Å². The van der Waals surface area contributed by atoms with E-state index in [0.717, 1.165) is 10.7 Å². The number of nitrogens with zero attached hydrogens (tertiary/aromatic N) is 1. The van der Waals surface area contributed by atoms with Crippen LogP contribution in [-0.4, -0.2) is 4.98 Å². The molecule has 3 heteroatoms. The summed E-state index contributed by atoms with van der Waals surface area (Å²) in [6.07, 6.45) is 1.17. The number of benzene rings is 1. The minimum atomic E-state index is 0.00869. The van der Waals surface area contributed by atoms with E-state index in [1.54, 1.807) is 11.3 Å². The minimum Gasteiger partial charge on any atom is -0.323 e. The van der Waals surface area contributed by atoms with E-state index < -0.39 is 0 Å². The molecule has 0 aliphatic carbocycles. The Labute approximate surface area is 113 Å². The predicted molar refractivity (Wildman–Crippen MR) is 78.9 cm³/mol. The van der Waals surface area contributed by atoms with Gasteiger partial charge in [0.1, 0.15) is 5.01 Å². The maximum Gasteiger partial charge on any atom is 0.123 e. The molecule has 2 rings (SSSR count). The second-order valence-electron chi connectivity index (χ2n) is 4.80. The van der Waals surface area contributed by atoms with Gasteiger partial charge in [-0.25, -0.2) is 4.98 Å². The van der Waals surface area contributed by atoms with Crippen LogP contribution in [0.25, 0.3) is 10.6 Å². The van der Waals surface area contributed by atoms with Gasteiger partial charge in [-0.1, -0.05) is 38.1 Å². The van der Waals surface area contributed by atoms with E-state index in [-0.39, 0.29) is 6.04 Å². The van der Waals surface area contributed by atoms with Crippen molar-refractivity contribution in [2.45, 2.75) is 39.2 Å². The summed E-state index contributed by atoms with van der Waals surface area (Å²) in [5, 5.41) is 3.10. The van der Waals surface area contributed by atoms with Crippen molar-refractivity contribution in [3.05, 3.63) is 40.9 Å². The first-order valence-electron chi connectivity index (χ1n) is 6.43. The second-order valence-corrected chi connectivity index (χ2v) is 5.66. The Morgan fingerprint density at radius 3 is 2.39 bits per heavy atom. The fourth-order valence-corrected chi connectivity index (χ4v) is 2.75. The van der Waals surface area contributed by atoms with Gasteiger partial charge < -0.3 is 5.73 Å². The summed E-state index contributed by atoms with van der Waals surface area (Å²) in [6.45, 7) is 6.44. The molecular weight excluding hydrogens is 240 g/mol. The van der Waals surface area contributed by atoms with Gasteiger partial charge in [0.05, 0.1) is 5.69 Å². The number of thiazole rings is 1. The SMILES string of the molecule is CCC(C)c1ccc(-c2nc(C(C)N)cs2)cc1. The fraction of sp³-hybridized carbons (Fsp3) is 0.400. The second kappa shape index (κ2) is 5.63. The number of aromatic nitrogens is 1. The van der Waals surface area contributed by atoms with E-state index in [9.17, 15) is 0 Å². The highest BCUT2D eigenvalue weighted by molar-refractivity contribution is 7.13. The van der Waals surface area contributed by atoms with Gasteiger partial charge in [0, 0.05) is 17.0 Å². The third kappa shape index (κ3) is 2.79. The molecule has 0 aliphatic rings. The van der Waals surface area contributed by atoms with Crippen molar-refractivity contribution in [2.24, 2.45) is 5.73 Å². The maximum atomic E-state index is 5.83. The van der Waals surface area contributed by atoms with Crippen LogP contribution in [0.2, 0.25) is 0 Å². The average molecular weight is 260 g/mol. The van der Waals surface area contributed by atoms with E-state index in [1.807, 2.05) is 12.3 Å². The number of hydrogen-bond donors (Lipinski definition) is 1. The molecule has 2 atom stereocenters. The maximum absolute atomic E-state index is 5.83. The van der Waals surface area contributed by atoms with Crippen molar-refractivity contribution in [1.29, 1.82) is 0 Å². The molecule has 1 aromatic heterocycles. The molecule has 1 aromatic carbocycles. The van der Waals surface area contributed by atoms with Gasteiger partial charge >= 0.3 is 0 Å². The zero-order chi connectivity index (χ0) is 13.1. The first-order valence-corrected chi connectivity index (χ1v) is 7.31. The van der Waals surface area contributed by atoms with E-state index in [4.69, 9.17) is 5.73 Å². The van der Waals surface area contributed by atoms with E-state index in [1.165, 1.54) is 17.5 Å². The van der Waals surface area contributed by atoms with Crippen LogP contribution >= 0.6 is 11.3 Å². The first-order chi connectivity index (χ1) is 8.61. The van der Waals surface area contributed by atoms with Gasteiger partial charge in [0.25, 0.3) is 0 Å².